The summed E-state index contributed by atoms with van der Waals surface area (Å²) in [6.07, 6.45) is 5.28. The van der Waals surface area contributed by atoms with E-state index in [4.69, 9.17) is 0 Å². The van der Waals surface area contributed by atoms with Crippen molar-refractivity contribution in [1.82, 2.24) is 10.3 Å². The van der Waals surface area contributed by atoms with Gasteiger partial charge in [-0.15, -0.1) is 11.3 Å². The Balaban J connectivity index is 2.06. The largest absolute Gasteiger partial charge is 0.309 e. The van der Waals surface area contributed by atoms with E-state index < -0.39 is 0 Å². The molecule has 3 heteroatoms. The van der Waals surface area contributed by atoms with Crippen LogP contribution in [-0.2, 0) is 12.8 Å². The first-order valence-electron chi connectivity index (χ1n) is 7.03. The molecule has 1 N–H and O–H groups in total. The van der Waals surface area contributed by atoms with Crippen molar-refractivity contribution < 1.29 is 0 Å². The number of aromatic nitrogens is 1. The Morgan fingerprint density at radius 1 is 1.16 bits per heavy atom. The molecule has 1 heterocycles. The van der Waals surface area contributed by atoms with E-state index in [9.17, 15) is 0 Å². The van der Waals surface area contributed by atoms with Gasteiger partial charge in [0.25, 0.3) is 0 Å². The van der Waals surface area contributed by atoms with Gasteiger partial charge in [0, 0.05) is 17.1 Å². The van der Waals surface area contributed by atoms with Gasteiger partial charge in [-0.05, 0) is 36.9 Å². The highest BCUT2D eigenvalue weighted by molar-refractivity contribution is 7.09. The molecule has 0 amide bonds. The third-order valence-electron chi connectivity index (χ3n) is 3.31. The Hall–Kier alpha value is -1.19. The van der Waals surface area contributed by atoms with Gasteiger partial charge in [-0.25, -0.2) is 0 Å². The first kappa shape index (κ1) is 14.2. The predicted octanol–water partition coefficient (Wildman–Crippen LogP) is 3.99. The van der Waals surface area contributed by atoms with Gasteiger partial charge >= 0.3 is 0 Å². The summed E-state index contributed by atoms with van der Waals surface area (Å²) >= 11 is 1.73. The molecule has 0 fully saturated rings. The zero-order valence-corrected chi connectivity index (χ0v) is 12.5. The number of benzene rings is 1. The second-order valence-corrected chi connectivity index (χ2v) is 5.70. The Morgan fingerprint density at radius 3 is 2.47 bits per heavy atom. The molecule has 2 rings (SSSR count). The summed E-state index contributed by atoms with van der Waals surface area (Å²) in [6.45, 7) is 5.44. The Morgan fingerprint density at radius 2 is 1.89 bits per heavy atom. The summed E-state index contributed by atoms with van der Waals surface area (Å²) in [5, 5.41) is 3.62. The van der Waals surface area contributed by atoms with Gasteiger partial charge in [-0.3, -0.25) is 4.98 Å². The number of hydrogen-bond donors (Lipinski definition) is 1. The van der Waals surface area contributed by atoms with Gasteiger partial charge < -0.3 is 5.32 Å². The Kier molecular flexibility index (Phi) is 5.55. The fraction of sp³-hybridized carbons (Fsp3) is 0.438. The number of aryl methyl sites for hydroxylation is 1. The summed E-state index contributed by atoms with van der Waals surface area (Å²) in [5.41, 5.74) is 4.70. The molecular weight excluding hydrogens is 252 g/mol. The van der Waals surface area contributed by atoms with E-state index in [2.05, 4.69) is 48.4 Å². The monoisotopic (exact) mass is 274 g/mol. The van der Waals surface area contributed by atoms with E-state index in [0.717, 1.165) is 25.8 Å². The van der Waals surface area contributed by atoms with Crippen LogP contribution in [0, 0.1) is 0 Å². The summed E-state index contributed by atoms with van der Waals surface area (Å²) in [6, 6.07) is 9.36. The fourth-order valence-electron chi connectivity index (χ4n) is 2.14. The molecule has 0 aliphatic heterocycles. The lowest BCUT2D eigenvalue weighted by Gasteiger charge is -2.17. The molecule has 19 heavy (non-hydrogen) atoms. The molecule has 0 saturated carbocycles. The van der Waals surface area contributed by atoms with E-state index in [1.807, 2.05) is 11.7 Å². The lowest BCUT2D eigenvalue weighted by atomic mass is 10.0. The van der Waals surface area contributed by atoms with Crippen LogP contribution in [0.15, 0.2) is 36.0 Å². The van der Waals surface area contributed by atoms with Crippen molar-refractivity contribution in [3.8, 4) is 0 Å². The summed E-state index contributed by atoms with van der Waals surface area (Å²) in [7, 11) is 0. The van der Waals surface area contributed by atoms with Crippen molar-refractivity contribution in [2.24, 2.45) is 0 Å². The number of nitrogens with zero attached hydrogens (tertiary/aromatic N) is 1. The summed E-state index contributed by atoms with van der Waals surface area (Å²) in [5.74, 6) is 0. The lowest BCUT2D eigenvalue weighted by molar-refractivity contribution is 0.536. The van der Waals surface area contributed by atoms with Gasteiger partial charge in [0.15, 0.2) is 0 Å². The fourth-order valence-corrected chi connectivity index (χ4v) is 2.83. The molecule has 102 valence electrons. The van der Waals surface area contributed by atoms with Crippen LogP contribution < -0.4 is 5.32 Å². The van der Waals surface area contributed by atoms with E-state index in [1.54, 1.807) is 11.3 Å². The molecule has 0 saturated heterocycles. The lowest BCUT2D eigenvalue weighted by Crippen LogP contribution is -2.23. The maximum absolute atomic E-state index is 4.20. The molecule has 0 radical (unpaired) electrons. The van der Waals surface area contributed by atoms with Gasteiger partial charge in [0.1, 0.15) is 0 Å². The summed E-state index contributed by atoms with van der Waals surface area (Å²) < 4.78 is 0. The average Bonchev–Trinajstić information content (AvgIpc) is 2.98. The molecule has 2 aromatic rings. The predicted molar refractivity (Wildman–Crippen MR) is 82.7 cm³/mol. The van der Waals surface area contributed by atoms with Crippen LogP contribution in [0.4, 0.5) is 0 Å². The number of rotatable bonds is 7. The topological polar surface area (TPSA) is 24.9 Å². The molecule has 1 atom stereocenters. The highest BCUT2D eigenvalue weighted by Gasteiger charge is 2.12. The van der Waals surface area contributed by atoms with Crippen molar-refractivity contribution in [2.75, 3.05) is 6.54 Å². The molecule has 1 unspecified atom stereocenters. The van der Waals surface area contributed by atoms with Crippen LogP contribution in [0.25, 0.3) is 0 Å². The molecule has 0 aliphatic rings. The maximum Gasteiger partial charge on any atom is 0.0794 e. The van der Waals surface area contributed by atoms with Crippen LogP contribution in [0.5, 0.6) is 0 Å². The second kappa shape index (κ2) is 7.41. The highest BCUT2D eigenvalue weighted by Crippen LogP contribution is 2.22. The van der Waals surface area contributed by atoms with Gasteiger partial charge in [0.05, 0.1) is 5.51 Å². The zero-order valence-electron chi connectivity index (χ0n) is 11.7. The standard InChI is InChI=1S/C16H22N2S/c1-3-9-18-15(16-11-17-12-19-16)10-14-7-5-13(4-2)6-8-14/h5-8,11-12,15,18H,3-4,9-10H2,1-2H3. The Labute approximate surface area is 119 Å². The van der Waals surface area contributed by atoms with Crippen molar-refractivity contribution in [2.45, 2.75) is 39.2 Å². The number of nitrogens with one attached hydrogen (secondary N) is 1. The second-order valence-electron chi connectivity index (χ2n) is 4.78. The average molecular weight is 274 g/mol. The number of hydrogen-bond acceptors (Lipinski definition) is 3. The van der Waals surface area contributed by atoms with Crippen molar-refractivity contribution in [1.29, 1.82) is 0 Å². The molecule has 0 bridgehead atoms. The van der Waals surface area contributed by atoms with E-state index in [0.29, 0.717) is 6.04 Å². The minimum Gasteiger partial charge on any atom is -0.309 e. The van der Waals surface area contributed by atoms with Crippen molar-refractivity contribution >= 4 is 11.3 Å². The SMILES string of the molecule is CCCNC(Cc1ccc(CC)cc1)c1cncs1. The number of thiazole rings is 1. The minimum atomic E-state index is 0.389. The van der Waals surface area contributed by atoms with Gasteiger partial charge in [-0.1, -0.05) is 38.1 Å². The van der Waals surface area contributed by atoms with Crippen LogP contribution >= 0.6 is 11.3 Å². The Bertz CT molecular complexity index is 462. The van der Waals surface area contributed by atoms with Crippen LogP contribution in [0.2, 0.25) is 0 Å². The first-order chi connectivity index (χ1) is 9.33. The van der Waals surface area contributed by atoms with Crippen LogP contribution in [0.1, 0.15) is 42.3 Å². The zero-order chi connectivity index (χ0) is 13.5. The first-order valence-corrected chi connectivity index (χ1v) is 7.91. The molecule has 1 aromatic carbocycles. The quantitative estimate of drug-likeness (QED) is 0.826. The summed E-state index contributed by atoms with van der Waals surface area (Å²) in [4.78, 5) is 5.53. The van der Waals surface area contributed by atoms with Crippen LogP contribution in [0.3, 0.4) is 0 Å². The van der Waals surface area contributed by atoms with Gasteiger partial charge in [0.2, 0.25) is 0 Å². The van der Waals surface area contributed by atoms with Crippen LogP contribution in [-0.4, -0.2) is 11.5 Å². The molecule has 0 aliphatic carbocycles. The maximum atomic E-state index is 4.20. The van der Waals surface area contributed by atoms with Crippen molar-refractivity contribution in [3.05, 3.63) is 52.0 Å². The van der Waals surface area contributed by atoms with E-state index in [1.165, 1.54) is 16.0 Å². The highest BCUT2D eigenvalue weighted by atomic mass is 32.1. The minimum absolute atomic E-state index is 0.389. The normalized spacial score (nSPS) is 12.5. The third kappa shape index (κ3) is 4.15. The molecular formula is C16H22N2S. The molecule has 1 aromatic heterocycles. The van der Waals surface area contributed by atoms with E-state index >= 15 is 0 Å². The van der Waals surface area contributed by atoms with E-state index in [-0.39, 0.29) is 0 Å². The van der Waals surface area contributed by atoms with Gasteiger partial charge in [-0.2, -0.15) is 0 Å². The van der Waals surface area contributed by atoms with Crippen molar-refractivity contribution in [3.63, 3.8) is 0 Å². The smallest absolute Gasteiger partial charge is 0.0794 e. The molecule has 2 nitrogen and oxygen atoms in total. The molecule has 0 spiro atoms. The third-order valence-corrected chi connectivity index (χ3v) is 4.20.